The molecule has 2 rings (SSSR count). The zero-order valence-electron chi connectivity index (χ0n) is 10.9. The zero-order chi connectivity index (χ0) is 14.7. The highest BCUT2D eigenvalue weighted by Gasteiger charge is 2.34. The summed E-state index contributed by atoms with van der Waals surface area (Å²) >= 11 is 11.9. The molecule has 0 saturated carbocycles. The van der Waals surface area contributed by atoms with Gasteiger partial charge in [0, 0.05) is 6.54 Å². The van der Waals surface area contributed by atoms with E-state index in [4.69, 9.17) is 23.2 Å². The maximum atomic E-state index is 12.2. The van der Waals surface area contributed by atoms with Gasteiger partial charge in [0.25, 0.3) is 0 Å². The molecule has 0 aromatic heterocycles. The Morgan fingerprint density at radius 3 is 2.85 bits per heavy atom. The van der Waals surface area contributed by atoms with Gasteiger partial charge < -0.3 is 10.1 Å². The number of anilines is 1. The third-order valence-corrected chi connectivity index (χ3v) is 3.99. The lowest BCUT2D eigenvalue weighted by atomic mass is 10.2. The molecule has 108 valence electrons. The summed E-state index contributed by atoms with van der Waals surface area (Å²) in [6.07, 6.45) is 0.857. The third kappa shape index (κ3) is 2.99. The number of hydrogen-bond donors (Lipinski definition) is 1. The standard InChI is InChI=1S/C13H14Cl2N2O3/c1-20-13(19)17-7-3-6-10(17)12(18)16-9-5-2-4-8(14)11(9)15/h2,4-5,10H,3,6-7H2,1H3,(H,16,18). The molecule has 1 aromatic carbocycles. The average molecular weight is 317 g/mol. The van der Waals surface area contributed by atoms with Gasteiger partial charge in [0.2, 0.25) is 5.91 Å². The highest BCUT2D eigenvalue weighted by molar-refractivity contribution is 6.44. The van der Waals surface area contributed by atoms with Gasteiger partial charge in [-0.15, -0.1) is 0 Å². The van der Waals surface area contributed by atoms with Crippen molar-refractivity contribution in [1.29, 1.82) is 0 Å². The van der Waals surface area contributed by atoms with Gasteiger partial charge in [-0.3, -0.25) is 9.69 Å². The van der Waals surface area contributed by atoms with E-state index in [1.165, 1.54) is 12.0 Å². The second kappa shape index (κ2) is 6.33. The van der Waals surface area contributed by atoms with E-state index in [1.54, 1.807) is 18.2 Å². The lowest BCUT2D eigenvalue weighted by Gasteiger charge is -2.22. The van der Waals surface area contributed by atoms with Crippen LogP contribution in [0.25, 0.3) is 0 Å². The van der Waals surface area contributed by atoms with Crippen molar-refractivity contribution >= 4 is 40.9 Å². The molecule has 1 aliphatic rings. The number of benzene rings is 1. The maximum Gasteiger partial charge on any atom is 0.410 e. The normalized spacial score (nSPS) is 17.9. The second-order valence-electron chi connectivity index (χ2n) is 4.41. The van der Waals surface area contributed by atoms with E-state index in [9.17, 15) is 9.59 Å². The maximum absolute atomic E-state index is 12.2. The molecular formula is C13H14Cl2N2O3. The monoisotopic (exact) mass is 316 g/mol. The van der Waals surface area contributed by atoms with Crippen LogP contribution in [-0.2, 0) is 9.53 Å². The summed E-state index contributed by atoms with van der Waals surface area (Å²) in [6, 6.07) is 4.44. The minimum absolute atomic E-state index is 0.283. The molecule has 0 spiro atoms. The Hall–Kier alpha value is -1.46. The van der Waals surface area contributed by atoms with Crippen molar-refractivity contribution in [2.75, 3.05) is 19.0 Å². The van der Waals surface area contributed by atoms with Crippen molar-refractivity contribution in [3.05, 3.63) is 28.2 Å². The molecule has 20 heavy (non-hydrogen) atoms. The predicted octanol–water partition coefficient (Wildman–Crippen LogP) is 3.16. The molecule has 7 heteroatoms. The van der Waals surface area contributed by atoms with Crippen molar-refractivity contribution in [3.63, 3.8) is 0 Å². The van der Waals surface area contributed by atoms with Gasteiger partial charge in [0.05, 0.1) is 22.8 Å². The van der Waals surface area contributed by atoms with Crippen molar-refractivity contribution in [3.8, 4) is 0 Å². The second-order valence-corrected chi connectivity index (χ2v) is 5.20. The number of nitrogens with zero attached hydrogens (tertiary/aromatic N) is 1. The first-order chi connectivity index (χ1) is 9.54. The lowest BCUT2D eigenvalue weighted by molar-refractivity contribution is -0.119. The van der Waals surface area contributed by atoms with E-state index >= 15 is 0 Å². The largest absolute Gasteiger partial charge is 0.453 e. The van der Waals surface area contributed by atoms with Crippen molar-refractivity contribution < 1.29 is 14.3 Å². The quantitative estimate of drug-likeness (QED) is 0.911. The minimum atomic E-state index is -0.544. The Labute approximate surface area is 126 Å². The van der Waals surface area contributed by atoms with Gasteiger partial charge in [-0.05, 0) is 25.0 Å². The fourth-order valence-electron chi connectivity index (χ4n) is 2.19. The van der Waals surface area contributed by atoms with Crippen LogP contribution in [0.2, 0.25) is 10.0 Å². The van der Waals surface area contributed by atoms with Crippen molar-refractivity contribution in [1.82, 2.24) is 4.90 Å². The lowest BCUT2D eigenvalue weighted by Crippen LogP contribution is -2.43. The van der Waals surface area contributed by atoms with E-state index in [2.05, 4.69) is 10.1 Å². The molecule has 1 aromatic rings. The van der Waals surface area contributed by atoms with E-state index in [-0.39, 0.29) is 10.9 Å². The molecule has 1 N–H and O–H groups in total. The molecule has 1 aliphatic heterocycles. The zero-order valence-corrected chi connectivity index (χ0v) is 12.4. The predicted molar refractivity (Wildman–Crippen MR) is 77.2 cm³/mol. The molecule has 1 heterocycles. The SMILES string of the molecule is COC(=O)N1CCCC1C(=O)Nc1cccc(Cl)c1Cl. The topological polar surface area (TPSA) is 58.6 Å². The number of nitrogens with one attached hydrogen (secondary N) is 1. The summed E-state index contributed by atoms with van der Waals surface area (Å²) in [5, 5.41) is 3.34. The number of ether oxygens (including phenoxy) is 1. The Morgan fingerprint density at radius 1 is 1.40 bits per heavy atom. The van der Waals surface area contributed by atoms with Crippen LogP contribution in [0.3, 0.4) is 0 Å². The van der Waals surface area contributed by atoms with Gasteiger partial charge in [0.1, 0.15) is 6.04 Å². The van der Waals surface area contributed by atoms with Gasteiger partial charge in [-0.2, -0.15) is 0 Å². The van der Waals surface area contributed by atoms with Crippen LogP contribution in [0.4, 0.5) is 10.5 Å². The molecule has 0 aliphatic carbocycles. The number of carbonyl (C=O) groups is 2. The van der Waals surface area contributed by atoms with Crippen LogP contribution in [0.15, 0.2) is 18.2 Å². The molecule has 2 amide bonds. The molecule has 5 nitrogen and oxygen atoms in total. The summed E-state index contributed by atoms with van der Waals surface area (Å²) < 4.78 is 4.67. The fourth-order valence-corrected chi connectivity index (χ4v) is 2.54. The third-order valence-electron chi connectivity index (χ3n) is 3.17. The number of rotatable bonds is 2. The molecule has 1 atom stereocenters. The van der Waals surface area contributed by atoms with Crippen LogP contribution >= 0.6 is 23.2 Å². The summed E-state index contributed by atoms with van der Waals surface area (Å²) in [7, 11) is 1.30. The highest BCUT2D eigenvalue weighted by Crippen LogP contribution is 2.30. The number of likely N-dealkylation sites (tertiary alicyclic amines) is 1. The van der Waals surface area contributed by atoms with E-state index in [1.807, 2.05) is 0 Å². The Bertz CT molecular complexity index is 536. The number of amides is 2. The van der Waals surface area contributed by atoms with Crippen LogP contribution in [-0.4, -0.2) is 36.6 Å². The summed E-state index contributed by atoms with van der Waals surface area (Å²) in [6.45, 7) is 0.508. The van der Waals surface area contributed by atoms with Crippen molar-refractivity contribution in [2.45, 2.75) is 18.9 Å². The van der Waals surface area contributed by atoms with Crippen LogP contribution in [0.1, 0.15) is 12.8 Å². The molecule has 1 saturated heterocycles. The first-order valence-electron chi connectivity index (χ1n) is 6.14. The summed E-state index contributed by atoms with van der Waals surface area (Å²) in [5.41, 5.74) is 0.431. The summed E-state index contributed by atoms with van der Waals surface area (Å²) in [5.74, 6) is -0.294. The van der Waals surface area contributed by atoms with Crippen LogP contribution in [0.5, 0.6) is 0 Å². The van der Waals surface area contributed by atoms with Gasteiger partial charge >= 0.3 is 6.09 Å². The van der Waals surface area contributed by atoms with Gasteiger partial charge in [0.15, 0.2) is 0 Å². The highest BCUT2D eigenvalue weighted by atomic mass is 35.5. The minimum Gasteiger partial charge on any atom is -0.453 e. The molecule has 1 unspecified atom stereocenters. The van der Waals surface area contributed by atoms with Gasteiger partial charge in [-0.25, -0.2) is 4.79 Å². The van der Waals surface area contributed by atoms with Crippen LogP contribution < -0.4 is 5.32 Å². The number of halogens is 2. The molecule has 1 fully saturated rings. The number of methoxy groups -OCH3 is 1. The van der Waals surface area contributed by atoms with Gasteiger partial charge in [-0.1, -0.05) is 29.3 Å². The Kier molecular flexibility index (Phi) is 4.73. The smallest absolute Gasteiger partial charge is 0.410 e. The van der Waals surface area contributed by atoms with Crippen LogP contribution in [0, 0.1) is 0 Å². The first-order valence-corrected chi connectivity index (χ1v) is 6.89. The average Bonchev–Trinajstić information content (AvgIpc) is 2.92. The molecular weight excluding hydrogens is 303 g/mol. The fraction of sp³-hybridized carbons (Fsp3) is 0.385. The molecule has 0 radical (unpaired) electrons. The van der Waals surface area contributed by atoms with E-state index in [0.717, 1.165) is 6.42 Å². The first kappa shape index (κ1) is 14.9. The molecule has 0 bridgehead atoms. The summed E-state index contributed by atoms with van der Waals surface area (Å²) in [4.78, 5) is 25.2. The Balaban J connectivity index is 2.11. The van der Waals surface area contributed by atoms with E-state index in [0.29, 0.717) is 23.7 Å². The Morgan fingerprint density at radius 2 is 2.15 bits per heavy atom. The number of hydrogen-bond acceptors (Lipinski definition) is 3. The van der Waals surface area contributed by atoms with Crippen molar-refractivity contribution in [2.24, 2.45) is 0 Å². The number of carbonyl (C=O) groups excluding carboxylic acids is 2. The van der Waals surface area contributed by atoms with E-state index < -0.39 is 12.1 Å².